The number of fused-ring (bicyclic) bond motifs is 1. The fraction of sp³-hybridized carbons (Fsp3) is 0.417. The summed E-state index contributed by atoms with van der Waals surface area (Å²) in [5.74, 6) is 0.218. The fourth-order valence-corrected chi connectivity index (χ4v) is 4.61. The zero-order valence-corrected chi connectivity index (χ0v) is 11.7. The third kappa shape index (κ3) is 2.08. The molecule has 2 heterocycles. The molecule has 3 rings (SSSR count). The van der Waals surface area contributed by atoms with Gasteiger partial charge in [0.1, 0.15) is 0 Å². The summed E-state index contributed by atoms with van der Waals surface area (Å²) in [5, 5.41) is -0.00851. The van der Waals surface area contributed by atoms with E-state index in [1.54, 1.807) is 18.2 Å². The number of nitrogens with one attached hydrogen (secondary N) is 1. The number of aromatic nitrogens is 2. The molecule has 1 atom stereocenters. The van der Waals surface area contributed by atoms with E-state index in [0.29, 0.717) is 28.9 Å². The number of hydrogen-bond acceptors (Lipinski definition) is 3. The van der Waals surface area contributed by atoms with E-state index in [1.165, 1.54) is 4.57 Å². The van der Waals surface area contributed by atoms with Gasteiger partial charge in [-0.15, -0.1) is 0 Å². The lowest BCUT2D eigenvalue weighted by molar-refractivity contribution is 0.565. The Labute approximate surface area is 115 Å². The van der Waals surface area contributed by atoms with Crippen LogP contribution < -0.4 is 5.69 Å². The Morgan fingerprint density at radius 2 is 2.21 bits per heavy atom. The zero-order valence-electron chi connectivity index (χ0n) is 10.1. The van der Waals surface area contributed by atoms with Gasteiger partial charge in [-0.05, 0) is 25.0 Å². The predicted molar refractivity (Wildman–Crippen MR) is 74.4 cm³/mol. The normalized spacial score (nSPS) is 22.1. The number of H-pyrrole nitrogens is 1. The number of benzene rings is 1. The van der Waals surface area contributed by atoms with Crippen molar-refractivity contribution in [2.45, 2.75) is 24.6 Å². The summed E-state index contributed by atoms with van der Waals surface area (Å²) in [6, 6.07) is 5.20. The van der Waals surface area contributed by atoms with Gasteiger partial charge in [0.2, 0.25) is 0 Å². The summed E-state index contributed by atoms with van der Waals surface area (Å²) in [5.41, 5.74) is 0.898. The van der Waals surface area contributed by atoms with Crippen LogP contribution in [0.3, 0.4) is 0 Å². The zero-order chi connectivity index (χ0) is 13.6. The van der Waals surface area contributed by atoms with Crippen LogP contribution in [0.15, 0.2) is 23.0 Å². The summed E-state index contributed by atoms with van der Waals surface area (Å²) in [6.07, 6.45) is 1.28. The highest BCUT2D eigenvalue weighted by atomic mass is 35.5. The van der Waals surface area contributed by atoms with E-state index in [-0.39, 0.29) is 18.0 Å². The van der Waals surface area contributed by atoms with Crippen molar-refractivity contribution in [3.63, 3.8) is 0 Å². The molecule has 0 spiro atoms. The molecule has 1 fully saturated rings. The van der Waals surface area contributed by atoms with Crippen molar-refractivity contribution >= 4 is 32.5 Å². The molecule has 0 amide bonds. The predicted octanol–water partition coefficient (Wildman–Crippen LogP) is 1.56. The maximum atomic E-state index is 11.9. The molecule has 2 aromatic rings. The third-order valence-electron chi connectivity index (χ3n) is 3.61. The van der Waals surface area contributed by atoms with Crippen molar-refractivity contribution in [3.05, 3.63) is 33.7 Å². The van der Waals surface area contributed by atoms with Crippen LogP contribution in [0.1, 0.15) is 12.8 Å². The Balaban J connectivity index is 2.09. The van der Waals surface area contributed by atoms with Crippen LogP contribution in [0.5, 0.6) is 0 Å². The lowest BCUT2D eigenvalue weighted by Gasteiger charge is -2.10. The van der Waals surface area contributed by atoms with Gasteiger partial charge < -0.3 is 4.98 Å². The molecule has 0 aliphatic carbocycles. The fourth-order valence-electron chi connectivity index (χ4n) is 2.59. The number of rotatable bonds is 2. The molecule has 5 nitrogen and oxygen atoms in total. The van der Waals surface area contributed by atoms with Crippen LogP contribution in [0.25, 0.3) is 11.0 Å². The molecular weight excluding hydrogens is 288 g/mol. The largest absolute Gasteiger partial charge is 0.326 e. The number of imidazole rings is 1. The molecule has 1 aliphatic rings. The van der Waals surface area contributed by atoms with Gasteiger partial charge in [0.05, 0.1) is 27.1 Å². The summed E-state index contributed by atoms with van der Waals surface area (Å²) in [4.78, 5) is 14.6. The smallest absolute Gasteiger partial charge is 0.304 e. The number of para-hydroxylation sites is 1. The average Bonchev–Trinajstić information content (AvgIpc) is 2.83. The standard InChI is InChI=1S/C12H13ClN2O3S/c13-9-4-1-5-10-11(9)14-12(16)15(10)7-8-3-2-6-19(8,17)18/h1,4-5,8H,2-3,6-7H2,(H,14,16). The van der Waals surface area contributed by atoms with Gasteiger partial charge in [-0.25, -0.2) is 13.2 Å². The number of aromatic amines is 1. The quantitative estimate of drug-likeness (QED) is 0.915. The molecule has 1 N–H and O–H groups in total. The van der Waals surface area contributed by atoms with Gasteiger partial charge in [0.25, 0.3) is 0 Å². The molecule has 0 radical (unpaired) electrons. The summed E-state index contributed by atoms with van der Waals surface area (Å²) < 4.78 is 25.2. The molecule has 1 aromatic heterocycles. The van der Waals surface area contributed by atoms with Crippen LogP contribution >= 0.6 is 11.6 Å². The van der Waals surface area contributed by atoms with E-state index in [0.717, 1.165) is 0 Å². The van der Waals surface area contributed by atoms with Gasteiger partial charge in [0.15, 0.2) is 9.84 Å². The lowest BCUT2D eigenvalue weighted by Crippen LogP contribution is -2.27. The molecule has 1 saturated heterocycles. The highest BCUT2D eigenvalue weighted by Gasteiger charge is 2.32. The SMILES string of the molecule is O=c1[nH]c2c(Cl)cccc2n1CC1CCCS1(=O)=O. The minimum Gasteiger partial charge on any atom is -0.304 e. The highest BCUT2D eigenvalue weighted by molar-refractivity contribution is 7.92. The topological polar surface area (TPSA) is 71.9 Å². The minimum absolute atomic E-state index is 0.196. The van der Waals surface area contributed by atoms with Crippen molar-refractivity contribution in [1.82, 2.24) is 9.55 Å². The Bertz CT molecular complexity index is 791. The molecule has 1 aromatic carbocycles. The van der Waals surface area contributed by atoms with E-state index in [2.05, 4.69) is 4.98 Å². The highest BCUT2D eigenvalue weighted by Crippen LogP contribution is 2.24. The second kappa shape index (κ2) is 4.38. The van der Waals surface area contributed by atoms with Crippen molar-refractivity contribution in [3.8, 4) is 0 Å². The van der Waals surface area contributed by atoms with Gasteiger partial charge in [-0.3, -0.25) is 4.57 Å². The summed E-state index contributed by atoms with van der Waals surface area (Å²) in [6.45, 7) is 0.196. The number of sulfone groups is 1. The molecule has 0 saturated carbocycles. The Morgan fingerprint density at radius 3 is 2.89 bits per heavy atom. The first-order chi connectivity index (χ1) is 8.99. The van der Waals surface area contributed by atoms with Crippen molar-refractivity contribution in [1.29, 1.82) is 0 Å². The van der Waals surface area contributed by atoms with E-state index in [9.17, 15) is 13.2 Å². The van der Waals surface area contributed by atoms with E-state index in [4.69, 9.17) is 11.6 Å². The maximum absolute atomic E-state index is 11.9. The summed E-state index contributed by atoms with van der Waals surface area (Å²) >= 11 is 6.01. The van der Waals surface area contributed by atoms with Gasteiger partial charge in [-0.2, -0.15) is 0 Å². The summed E-state index contributed by atoms with van der Waals surface area (Å²) in [7, 11) is -3.07. The Morgan fingerprint density at radius 1 is 1.42 bits per heavy atom. The molecule has 1 unspecified atom stereocenters. The van der Waals surface area contributed by atoms with Crippen LogP contribution in [0, 0.1) is 0 Å². The molecule has 1 aliphatic heterocycles. The van der Waals surface area contributed by atoms with Gasteiger partial charge in [-0.1, -0.05) is 17.7 Å². The molecular formula is C12H13ClN2O3S. The average molecular weight is 301 g/mol. The van der Waals surface area contributed by atoms with Gasteiger partial charge >= 0.3 is 5.69 Å². The van der Waals surface area contributed by atoms with E-state index in [1.807, 2.05) is 0 Å². The van der Waals surface area contributed by atoms with E-state index >= 15 is 0 Å². The van der Waals surface area contributed by atoms with Crippen molar-refractivity contribution in [2.75, 3.05) is 5.75 Å². The van der Waals surface area contributed by atoms with Crippen molar-refractivity contribution < 1.29 is 8.42 Å². The molecule has 102 valence electrons. The van der Waals surface area contributed by atoms with Crippen LogP contribution in [0.2, 0.25) is 5.02 Å². The minimum atomic E-state index is -3.07. The second-order valence-corrected chi connectivity index (χ2v) is 7.61. The molecule has 7 heteroatoms. The number of nitrogens with zero attached hydrogens (tertiary/aromatic N) is 1. The van der Waals surface area contributed by atoms with Crippen LogP contribution in [0.4, 0.5) is 0 Å². The monoisotopic (exact) mass is 300 g/mol. The van der Waals surface area contributed by atoms with Crippen LogP contribution in [-0.2, 0) is 16.4 Å². The number of halogens is 1. The van der Waals surface area contributed by atoms with E-state index < -0.39 is 15.1 Å². The lowest BCUT2D eigenvalue weighted by atomic mass is 10.2. The van der Waals surface area contributed by atoms with Crippen LogP contribution in [-0.4, -0.2) is 29.0 Å². The third-order valence-corrected chi connectivity index (χ3v) is 6.18. The molecule has 19 heavy (non-hydrogen) atoms. The number of hydrogen-bond donors (Lipinski definition) is 1. The first kappa shape index (κ1) is 12.7. The Kier molecular flexibility index (Phi) is 2.94. The first-order valence-corrected chi connectivity index (χ1v) is 8.17. The first-order valence-electron chi connectivity index (χ1n) is 6.07. The van der Waals surface area contributed by atoms with Crippen molar-refractivity contribution in [2.24, 2.45) is 0 Å². The second-order valence-electron chi connectivity index (χ2n) is 4.81. The molecule has 0 bridgehead atoms. The maximum Gasteiger partial charge on any atom is 0.326 e. The van der Waals surface area contributed by atoms with Gasteiger partial charge in [0, 0.05) is 6.54 Å². The Hall–Kier alpha value is -1.27.